The summed E-state index contributed by atoms with van der Waals surface area (Å²) < 4.78 is 7.03. The normalized spacial score (nSPS) is 25.9. The van der Waals surface area contributed by atoms with Gasteiger partial charge >= 0.3 is 0 Å². The van der Waals surface area contributed by atoms with Gasteiger partial charge in [0, 0.05) is 63.8 Å². The van der Waals surface area contributed by atoms with Crippen molar-refractivity contribution < 1.29 is 14.3 Å². The van der Waals surface area contributed by atoms with Crippen LogP contribution in [0.25, 0.3) is 0 Å². The molecule has 168 valence electrons. The number of rotatable bonds is 5. The van der Waals surface area contributed by atoms with E-state index in [1.165, 1.54) is 12.8 Å². The molecule has 2 amide bonds. The Bertz CT molecular complexity index is 882. The van der Waals surface area contributed by atoms with Gasteiger partial charge in [-0.3, -0.25) is 14.4 Å². The van der Waals surface area contributed by atoms with Crippen molar-refractivity contribution in [1.29, 1.82) is 0 Å². The van der Waals surface area contributed by atoms with Gasteiger partial charge in [-0.1, -0.05) is 0 Å². The van der Waals surface area contributed by atoms with Crippen LogP contribution in [0, 0.1) is 11.8 Å². The Morgan fingerprint density at radius 3 is 2.48 bits per heavy atom. The molecule has 1 aromatic heterocycles. The fourth-order valence-electron chi connectivity index (χ4n) is 5.28. The molecule has 0 radical (unpaired) electrons. The first kappa shape index (κ1) is 20.7. The highest BCUT2D eigenvalue weighted by atomic mass is 16.5. The predicted molar refractivity (Wildman–Crippen MR) is 113 cm³/mol. The van der Waals surface area contributed by atoms with Crippen LogP contribution in [0.15, 0.2) is 16.9 Å². The lowest BCUT2D eigenvalue weighted by Gasteiger charge is -2.34. The van der Waals surface area contributed by atoms with Gasteiger partial charge in [-0.25, -0.2) is 4.68 Å². The van der Waals surface area contributed by atoms with Crippen molar-refractivity contribution in [3.8, 4) is 0 Å². The van der Waals surface area contributed by atoms with Crippen molar-refractivity contribution >= 4 is 11.8 Å². The molecule has 4 heterocycles. The van der Waals surface area contributed by atoms with Gasteiger partial charge in [0.15, 0.2) is 0 Å². The first-order valence-electron chi connectivity index (χ1n) is 11.8. The molecule has 3 saturated heterocycles. The Labute approximate surface area is 182 Å². The summed E-state index contributed by atoms with van der Waals surface area (Å²) in [7, 11) is 0. The van der Waals surface area contributed by atoms with E-state index >= 15 is 0 Å². The molecular weight excluding hydrogens is 396 g/mol. The maximum atomic E-state index is 13.1. The Kier molecular flexibility index (Phi) is 5.82. The fourth-order valence-corrected chi connectivity index (χ4v) is 5.28. The van der Waals surface area contributed by atoms with Crippen LogP contribution < -0.4 is 5.56 Å². The Morgan fingerprint density at radius 1 is 1.03 bits per heavy atom. The van der Waals surface area contributed by atoms with Gasteiger partial charge in [0.05, 0.1) is 11.6 Å². The molecule has 1 aromatic rings. The van der Waals surface area contributed by atoms with Gasteiger partial charge in [0.1, 0.15) is 0 Å². The van der Waals surface area contributed by atoms with Gasteiger partial charge in [0.25, 0.3) is 5.56 Å². The minimum atomic E-state index is -0.216. The van der Waals surface area contributed by atoms with E-state index in [-0.39, 0.29) is 29.3 Å². The molecule has 4 aliphatic rings. The lowest BCUT2D eigenvalue weighted by Crippen LogP contribution is -2.44. The van der Waals surface area contributed by atoms with E-state index in [0.29, 0.717) is 57.6 Å². The number of ether oxygens (including phenoxy) is 1. The molecule has 1 aliphatic carbocycles. The van der Waals surface area contributed by atoms with Crippen LogP contribution in [0.4, 0.5) is 0 Å². The van der Waals surface area contributed by atoms with Gasteiger partial charge in [-0.15, -0.1) is 0 Å². The van der Waals surface area contributed by atoms with Crippen molar-refractivity contribution in [1.82, 2.24) is 19.6 Å². The number of piperidine rings is 1. The largest absolute Gasteiger partial charge is 0.381 e. The molecule has 5 rings (SSSR count). The number of hydrogen-bond acceptors (Lipinski definition) is 5. The number of carbonyl (C=O) groups is 2. The third-order valence-electron chi connectivity index (χ3n) is 7.38. The molecule has 0 N–H and O–H groups in total. The van der Waals surface area contributed by atoms with E-state index in [4.69, 9.17) is 4.74 Å². The standard InChI is InChI=1S/C23H32N4O4/c28-21-4-3-20(17-1-2-17)24-27(21)14-16-5-9-25(10-6-16)23(30)18-13-22(29)26(15-18)19-7-11-31-12-8-19/h3-4,16-19H,1-2,5-15H2. The van der Waals surface area contributed by atoms with E-state index in [9.17, 15) is 14.4 Å². The average Bonchev–Trinajstić information content (AvgIpc) is 3.57. The number of nitrogens with zero attached hydrogens (tertiary/aromatic N) is 4. The van der Waals surface area contributed by atoms with Crippen molar-refractivity contribution in [3.63, 3.8) is 0 Å². The molecule has 0 bridgehead atoms. The SMILES string of the molecule is O=C(C1CC(=O)N(C2CCOCC2)C1)N1CCC(Cn2nc(C3CC3)ccc2=O)CC1. The van der Waals surface area contributed by atoms with Gasteiger partial charge in [-0.05, 0) is 50.5 Å². The van der Waals surface area contributed by atoms with Crippen LogP contribution in [0.2, 0.25) is 0 Å². The third-order valence-corrected chi connectivity index (χ3v) is 7.38. The highest BCUT2D eigenvalue weighted by molar-refractivity contribution is 5.89. The van der Waals surface area contributed by atoms with Crippen molar-refractivity contribution in [2.75, 3.05) is 32.8 Å². The molecule has 8 nitrogen and oxygen atoms in total. The Hall–Kier alpha value is -2.22. The first-order valence-corrected chi connectivity index (χ1v) is 11.8. The maximum Gasteiger partial charge on any atom is 0.266 e. The first-order chi connectivity index (χ1) is 15.1. The lowest BCUT2D eigenvalue weighted by molar-refractivity contribution is -0.137. The fraction of sp³-hybridized carbons (Fsp3) is 0.739. The topological polar surface area (TPSA) is 84.7 Å². The van der Waals surface area contributed by atoms with Crippen LogP contribution in [-0.4, -0.2) is 70.3 Å². The van der Waals surface area contributed by atoms with Crippen molar-refractivity contribution in [3.05, 3.63) is 28.2 Å². The minimum absolute atomic E-state index is 0.0411. The Balaban J connectivity index is 1.14. The third kappa shape index (κ3) is 4.54. The summed E-state index contributed by atoms with van der Waals surface area (Å²) in [6.45, 7) is 3.96. The van der Waals surface area contributed by atoms with Gasteiger partial charge in [0.2, 0.25) is 11.8 Å². The Morgan fingerprint density at radius 2 is 1.77 bits per heavy atom. The molecule has 0 spiro atoms. The molecule has 3 aliphatic heterocycles. The summed E-state index contributed by atoms with van der Waals surface area (Å²) >= 11 is 0. The number of amides is 2. The lowest BCUT2D eigenvalue weighted by atomic mass is 9.95. The molecule has 0 aromatic carbocycles. The van der Waals surface area contributed by atoms with Gasteiger partial charge in [-0.2, -0.15) is 5.10 Å². The predicted octanol–water partition coefficient (Wildman–Crippen LogP) is 1.39. The number of hydrogen-bond donors (Lipinski definition) is 0. The van der Waals surface area contributed by atoms with Crippen LogP contribution in [0.1, 0.15) is 56.6 Å². The summed E-state index contributed by atoms with van der Waals surface area (Å²) in [5.74, 6) is 0.897. The van der Waals surface area contributed by atoms with Gasteiger partial charge < -0.3 is 14.5 Å². The summed E-state index contributed by atoms with van der Waals surface area (Å²) in [6, 6.07) is 3.73. The van der Waals surface area contributed by atoms with E-state index < -0.39 is 0 Å². The molecule has 8 heteroatoms. The quantitative estimate of drug-likeness (QED) is 0.708. The smallest absolute Gasteiger partial charge is 0.266 e. The molecule has 31 heavy (non-hydrogen) atoms. The monoisotopic (exact) mass is 428 g/mol. The highest BCUT2D eigenvalue weighted by Gasteiger charge is 2.40. The second kappa shape index (κ2) is 8.73. The molecule has 4 fully saturated rings. The zero-order chi connectivity index (χ0) is 21.4. The van der Waals surface area contributed by atoms with Crippen LogP contribution in [0.3, 0.4) is 0 Å². The summed E-state index contributed by atoms with van der Waals surface area (Å²) in [5, 5.41) is 4.58. The zero-order valence-corrected chi connectivity index (χ0v) is 18.1. The number of likely N-dealkylation sites (tertiary alicyclic amines) is 2. The summed E-state index contributed by atoms with van der Waals surface area (Å²) in [4.78, 5) is 41.7. The average molecular weight is 429 g/mol. The highest BCUT2D eigenvalue weighted by Crippen LogP contribution is 2.38. The molecule has 1 atom stereocenters. The van der Waals surface area contributed by atoms with Crippen LogP contribution >= 0.6 is 0 Å². The number of aromatic nitrogens is 2. The summed E-state index contributed by atoms with van der Waals surface area (Å²) in [5.41, 5.74) is 0.993. The molecule has 1 unspecified atom stereocenters. The van der Waals surface area contributed by atoms with E-state index in [2.05, 4.69) is 5.10 Å². The van der Waals surface area contributed by atoms with Crippen LogP contribution in [0.5, 0.6) is 0 Å². The zero-order valence-electron chi connectivity index (χ0n) is 18.1. The second-order valence-electron chi connectivity index (χ2n) is 9.61. The molecular formula is C23H32N4O4. The van der Waals surface area contributed by atoms with E-state index in [1.807, 2.05) is 15.9 Å². The van der Waals surface area contributed by atoms with Crippen LogP contribution in [-0.2, 0) is 20.9 Å². The second-order valence-corrected chi connectivity index (χ2v) is 9.61. The maximum absolute atomic E-state index is 13.1. The summed E-state index contributed by atoms with van der Waals surface area (Å²) in [6.07, 6.45) is 6.16. The number of carbonyl (C=O) groups excluding carboxylic acids is 2. The molecule has 1 saturated carbocycles. The van der Waals surface area contributed by atoms with Crippen molar-refractivity contribution in [2.45, 2.75) is 63.5 Å². The van der Waals surface area contributed by atoms with E-state index in [0.717, 1.165) is 31.4 Å². The van der Waals surface area contributed by atoms with E-state index in [1.54, 1.807) is 10.7 Å². The minimum Gasteiger partial charge on any atom is -0.381 e. The van der Waals surface area contributed by atoms with Crippen molar-refractivity contribution in [2.24, 2.45) is 11.8 Å².